The van der Waals surface area contributed by atoms with Crippen LogP contribution in [0.1, 0.15) is 0 Å². The van der Waals surface area contributed by atoms with Crippen molar-refractivity contribution in [2.24, 2.45) is 0 Å². The van der Waals surface area contributed by atoms with Crippen LogP contribution in [0.15, 0.2) is 186 Å². The zero-order valence-electron chi connectivity index (χ0n) is 30.1. The van der Waals surface area contributed by atoms with E-state index in [1.165, 1.54) is 71.5 Å². The molecule has 0 amide bonds. The third-order valence-electron chi connectivity index (χ3n) is 11.6. The lowest BCUT2D eigenvalue weighted by atomic mass is 10.0. The lowest BCUT2D eigenvalue weighted by molar-refractivity contribution is 0.669. The van der Waals surface area contributed by atoms with Gasteiger partial charge in [-0.2, -0.15) is 0 Å². The largest absolute Gasteiger partial charge is 0.456 e. The Morgan fingerprint density at radius 2 is 0.981 bits per heavy atom. The molecule has 0 bridgehead atoms. The molecule has 1 aliphatic rings. The molecular weight excluding hydrogens is 673 g/mol. The second-order valence-corrected chi connectivity index (χ2v) is 19.3. The lowest BCUT2D eigenvalue weighted by Crippen LogP contribution is -2.58. The minimum absolute atomic E-state index is 0.918. The first-order valence-corrected chi connectivity index (χ1v) is 21.7. The predicted molar refractivity (Wildman–Crippen MR) is 230 cm³/mol. The van der Waals surface area contributed by atoms with E-state index in [-0.39, 0.29) is 0 Å². The van der Waals surface area contributed by atoms with Crippen LogP contribution < -0.4 is 15.3 Å². The number of rotatable bonds is 4. The molecule has 10 aromatic rings. The highest BCUT2D eigenvalue weighted by Crippen LogP contribution is 2.41. The van der Waals surface area contributed by atoms with E-state index in [9.17, 15) is 0 Å². The Hall–Kier alpha value is -6.62. The maximum absolute atomic E-state index is 6.09. The Morgan fingerprint density at radius 3 is 1.85 bits per heavy atom. The molecular formula is C50H36N2OSi. The number of para-hydroxylation sites is 4. The van der Waals surface area contributed by atoms with E-state index in [2.05, 4.69) is 192 Å². The second kappa shape index (κ2) is 11.7. The van der Waals surface area contributed by atoms with Gasteiger partial charge in [0.2, 0.25) is 0 Å². The molecule has 0 aliphatic carbocycles. The molecule has 54 heavy (non-hydrogen) atoms. The third kappa shape index (κ3) is 4.60. The molecule has 1 aliphatic heterocycles. The molecule has 0 unspecified atom stereocenters. The van der Waals surface area contributed by atoms with Crippen LogP contribution in [-0.2, 0) is 0 Å². The fourth-order valence-corrected chi connectivity index (χ4v) is 11.9. The van der Waals surface area contributed by atoms with E-state index in [0.717, 1.165) is 27.6 Å². The van der Waals surface area contributed by atoms with Gasteiger partial charge in [-0.15, -0.1) is 0 Å². The lowest BCUT2D eigenvalue weighted by Gasteiger charge is -2.41. The summed E-state index contributed by atoms with van der Waals surface area (Å²) in [6.07, 6.45) is 0. The minimum atomic E-state index is -2.01. The average Bonchev–Trinajstić information content (AvgIpc) is 3.76. The number of hydrogen-bond acceptors (Lipinski definition) is 2. The molecule has 0 atom stereocenters. The van der Waals surface area contributed by atoms with Gasteiger partial charge >= 0.3 is 0 Å². The topological polar surface area (TPSA) is 21.3 Å². The maximum atomic E-state index is 6.09. The summed E-state index contributed by atoms with van der Waals surface area (Å²) in [7, 11) is -2.01. The SMILES string of the molecule is C[Si]1(C)c2ccccc2N(c2ccccc2)c2ccc(-c3ccc4c(c3)c3ccccc3n4-c3ccc(-c4ccc5oc6ccccc6c5c4)cc3)cc21. The number of anilines is 3. The van der Waals surface area contributed by atoms with Crippen LogP contribution in [0.4, 0.5) is 17.1 Å². The van der Waals surface area contributed by atoms with Gasteiger partial charge in [-0.1, -0.05) is 122 Å². The van der Waals surface area contributed by atoms with Crippen molar-refractivity contribution in [2.75, 3.05) is 4.90 Å². The Kier molecular flexibility index (Phi) is 6.70. The van der Waals surface area contributed by atoms with Crippen LogP contribution in [0.25, 0.3) is 71.7 Å². The van der Waals surface area contributed by atoms with Crippen LogP contribution in [0.2, 0.25) is 13.1 Å². The van der Waals surface area contributed by atoms with Crippen LogP contribution in [0.5, 0.6) is 0 Å². The fourth-order valence-electron chi connectivity index (χ4n) is 8.88. The van der Waals surface area contributed by atoms with Crippen LogP contribution in [0, 0.1) is 0 Å². The zero-order valence-corrected chi connectivity index (χ0v) is 31.1. The van der Waals surface area contributed by atoms with E-state index in [1.807, 2.05) is 12.1 Å². The highest BCUT2D eigenvalue weighted by Gasteiger charge is 2.38. The highest BCUT2D eigenvalue weighted by molar-refractivity contribution is 7.02. The second-order valence-electron chi connectivity index (χ2n) is 15.0. The molecule has 0 saturated heterocycles. The number of benzene rings is 8. The Bertz CT molecular complexity index is 3080. The number of nitrogens with zero attached hydrogens (tertiary/aromatic N) is 2. The molecule has 0 fully saturated rings. The first-order chi connectivity index (χ1) is 26.5. The molecule has 8 aromatic carbocycles. The summed E-state index contributed by atoms with van der Waals surface area (Å²) < 4.78 is 8.50. The van der Waals surface area contributed by atoms with Crippen molar-refractivity contribution in [3.8, 4) is 27.9 Å². The number of hydrogen-bond donors (Lipinski definition) is 0. The van der Waals surface area contributed by atoms with Crippen LogP contribution >= 0.6 is 0 Å². The molecule has 0 spiro atoms. The number of furan rings is 1. The first-order valence-electron chi connectivity index (χ1n) is 18.7. The van der Waals surface area contributed by atoms with Gasteiger partial charge in [0.25, 0.3) is 0 Å². The zero-order chi connectivity index (χ0) is 36.0. The average molecular weight is 709 g/mol. The standard InChI is InChI=1S/C50H36N2OSi/c1-54(2)49-19-11-9-17-45(49)52(37-12-4-3-5-13-37)46-28-23-36(32-50(46)54)35-22-27-44-41(30-35)39-14-6-8-16-43(39)51(44)38-25-20-33(21-26-38)34-24-29-48-42(31-34)40-15-7-10-18-47(40)53-48/h3-32H,1-2H3. The summed E-state index contributed by atoms with van der Waals surface area (Å²) in [4.78, 5) is 2.45. The fraction of sp³-hybridized carbons (Fsp3) is 0.0400. The van der Waals surface area contributed by atoms with E-state index in [4.69, 9.17) is 4.42 Å². The van der Waals surface area contributed by atoms with Crippen LogP contribution in [-0.4, -0.2) is 12.6 Å². The molecule has 0 saturated carbocycles. The first kappa shape index (κ1) is 31.0. The van der Waals surface area contributed by atoms with Crippen molar-refractivity contribution in [1.82, 2.24) is 4.57 Å². The molecule has 4 heteroatoms. The molecule has 11 rings (SSSR count). The van der Waals surface area contributed by atoms with Crippen molar-refractivity contribution < 1.29 is 4.42 Å². The van der Waals surface area contributed by atoms with E-state index >= 15 is 0 Å². The van der Waals surface area contributed by atoms with Gasteiger partial charge < -0.3 is 13.9 Å². The van der Waals surface area contributed by atoms with Gasteiger partial charge in [0.1, 0.15) is 19.2 Å². The summed E-state index contributed by atoms with van der Waals surface area (Å²) in [5, 5.41) is 7.75. The molecule has 0 N–H and O–H groups in total. The summed E-state index contributed by atoms with van der Waals surface area (Å²) in [6, 6.07) is 66.5. The van der Waals surface area contributed by atoms with Gasteiger partial charge in [0.15, 0.2) is 0 Å². The summed E-state index contributed by atoms with van der Waals surface area (Å²) in [5.74, 6) is 0. The quantitative estimate of drug-likeness (QED) is 0.170. The predicted octanol–water partition coefficient (Wildman–Crippen LogP) is 12.6. The monoisotopic (exact) mass is 708 g/mol. The summed E-state index contributed by atoms with van der Waals surface area (Å²) in [5.41, 5.74) is 14.0. The number of aromatic nitrogens is 1. The highest BCUT2D eigenvalue weighted by atomic mass is 28.3. The maximum Gasteiger partial charge on any atom is 0.135 e. The number of fused-ring (bicyclic) bond motifs is 8. The Balaban J connectivity index is 1.01. The Labute approximate surface area is 315 Å². The van der Waals surface area contributed by atoms with E-state index < -0.39 is 8.07 Å². The van der Waals surface area contributed by atoms with Crippen LogP contribution in [0.3, 0.4) is 0 Å². The Morgan fingerprint density at radius 1 is 0.389 bits per heavy atom. The molecule has 0 radical (unpaired) electrons. The minimum Gasteiger partial charge on any atom is -0.456 e. The molecule has 256 valence electrons. The van der Waals surface area contributed by atoms with Crippen molar-refractivity contribution in [2.45, 2.75) is 13.1 Å². The van der Waals surface area contributed by atoms with Gasteiger partial charge in [0, 0.05) is 44.3 Å². The summed E-state index contributed by atoms with van der Waals surface area (Å²) >= 11 is 0. The van der Waals surface area contributed by atoms with Gasteiger partial charge in [-0.25, -0.2) is 0 Å². The normalized spacial score (nSPS) is 13.5. The van der Waals surface area contributed by atoms with E-state index in [1.54, 1.807) is 0 Å². The smallest absolute Gasteiger partial charge is 0.135 e. The summed E-state index contributed by atoms with van der Waals surface area (Å²) in [6.45, 7) is 4.99. The van der Waals surface area contributed by atoms with Crippen molar-refractivity contribution in [1.29, 1.82) is 0 Å². The molecule has 3 nitrogen and oxygen atoms in total. The van der Waals surface area contributed by atoms with Gasteiger partial charge in [-0.05, 0) is 105 Å². The van der Waals surface area contributed by atoms with Crippen molar-refractivity contribution >= 4 is 79.3 Å². The molecule has 3 heterocycles. The third-order valence-corrected chi connectivity index (χ3v) is 15.1. The van der Waals surface area contributed by atoms with Gasteiger partial charge in [0.05, 0.1) is 11.0 Å². The van der Waals surface area contributed by atoms with Crippen molar-refractivity contribution in [3.05, 3.63) is 182 Å². The van der Waals surface area contributed by atoms with E-state index in [0.29, 0.717) is 0 Å². The van der Waals surface area contributed by atoms with Gasteiger partial charge in [-0.3, -0.25) is 0 Å². The molecule has 2 aromatic heterocycles. The van der Waals surface area contributed by atoms with Crippen molar-refractivity contribution in [3.63, 3.8) is 0 Å².